The van der Waals surface area contributed by atoms with Gasteiger partial charge in [-0.15, -0.1) is 0 Å². The van der Waals surface area contributed by atoms with Crippen LogP contribution in [0, 0.1) is 0 Å². The Balaban J connectivity index is 1.95. The summed E-state index contributed by atoms with van der Waals surface area (Å²) in [5.74, 6) is -0.763. The summed E-state index contributed by atoms with van der Waals surface area (Å²) in [6, 6.07) is 23.2. The van der Waals surface area contributed by atoms with Crippen molar-refractivity contribution in [2.24, 2.45) is 0 Å². The first-order valence-electron chi connectivity index (χ1n) is 12.2. The lowest BCUT2D eigenvalue weighted by Crippen LogP contribution is -2.51. The first kappa shape index (κ1) is 28.4. The number of anilines is 1. The van der Waals surface area contributed by atoms with Gasteiger partial charge in [0, 0.05) is 17.6 Å². The van der Waals surface area contributed by atoms with Crippen molar-refractivity contribution in [2.45, 2.75) is 44.2 Å². The number of benzene rings is 3. The smallest absolute Gasteiger partial charge is 0.264 e. The highest BCUT2D eigenvalue weighted by molar-refractivity contribution is 9.10. The van der Waals surface area contributed by atoms with E-state index in [0.717, 1.165) is 27.2 Å². The number of halogens is 1. The SMILES string of the molecule is CCCCNC(=O)[C@@H](C)N(Cc1ccc(Br)cc1)C(=O)CN(c1ccccc1)S(=O)(=O)c1ccccc1. The highest BCUT2D eigenvalue weighted by Gasteiger charge is 2.32. The van der Waals surface area contributed by atoms with Gasteiger partial charge >= 0.3 is 0 Å². The summed E-state index contributed by atoms with van der Waals surface area (Å²) in [5.41, 5.74) is 1.19. The molecule has 0 aromatic heterocycles. The lowest BCUT2D eigenvalue weighted by atomic mass is 10.1. The normalized spacial score (nSPS) is 12.0. The summed E-state index contributed by atoms with van der Waals surface area (Å²) in [5, 5.41) is 2.88. The molecular formula is C28H32BrN3O4S. The molecule has 0 saturated carbocycles. The maximum atomic E-state index is 13.8. The molecule has 0 fully saturated rings. The standard InChI is InChI=1S/C28H32BrN3O4S/c1-3-4-19-30-28(34)22(2)31(20-23-15-17-24(29)18-16-23)27(33)21-32(25-11-7-5-8-12-25)37(35,36)26-13-9-6-10-14-26/h5-18,22H,3-4,19-21H2,1-2H3,(H,30,34)/t22-/m1/s1. The van der Waals surface area contributed by atoms with Crippen LogP contribution in [0.3, 0.4) is 0 Å². The average Bonchev–Trinajstić information content (AvgIpc) is 2.91. The number of hydrogen-bond acceptors (Lipinski definition) is 4. The maximum Gasteiger partial charge on any atom is 0.264 e. The van der Waals surface area contributed by atoms with Crippen LogP contribution < -0.4 is 9.62 Å². The van der Waals surface area contributed by atoms with E-state index in [1.165, 1.54) is 17.0 Å². The van der Waals surface area contributed by atoms with Crippen molar-refractivity contribution in [3.05, 3.63) is 95.0 Å². The van der Waals surface area contributed by atoms with E-state index in [-0.39, 0.29) is 17.3 Å². The fraction of sp³-hybridized carbons (Fsp3) is 0.286. The van der Waals surface area contributed by atoms with Crippen molar-refractivity contribution in [2.75, 3.05) is 17.4 Å². The molecule has 0 saturated heterocycles. The number of carbonyl (C=O) groups excluding carboxylic acids is 2. The fourth-order valence-electron chi connectivity index (χ4n) is 3.75. The van der Waals surface area contributed by atoms with Crippen LogP contribution in [0.15, 0.2) is 94.3 Å². The molecular weight excluding hydrogens is 554 g/mol. The second-order valence-corrected chi connectivity index (χ2v) is 11.4. The predicted octanol–water partition coefficient (Wildman–Crippen LogP) is 4.98. The van der Waals surface area contributed by atoms with Crippen LogP contribution in [0.1, 0.15) is 32.3 Å². The van der Waals surface area contributed by atoms with Gasteiger partial charge in [-0.05, 0) is 55.3 Å². The second-order valence-electron chi connectivity index (χ2n) is 8.63. The van der Waals surface area contributed by atoms with E-state index < -0.39 is 28.5 Å². The number of amides is 2. The van der Waals surface area contributed by atoms with Gasteiger partial charge in [-0.25, -0.2) is 8.42 Å². The Morgan fingerprint density at radius 1 is 0.919 bits per heavy atom. The largest absolute Gasteiger partial charge is 0.354 e. The number of carbonyl (C=O) groups is 2. The van der Waals surface area contributed by atoms with Crippen molar-refractivity contribution < 1.29 is 18.0 Å². The molecule has 3 aromatic carbocycles. The molecule has 0 aliphatic carbocycles. The van der Waals surface area contributed by atoms with Crippen molar-refractivity contribution in [1.82, 2.24) is 10.2 Å². The van der Waals surface area contributed by atoms with E-state index in [1.54, 1.807) is 55.5 Å². The minimum absolute atomic E-state index is 0.0801. The maximum absolute atomic E-state index is 13.8. The third kappa shape index (κ3) is 7.66. The van der Waals surface area contributed by atoms with Gasteiger partial charge < -0.3 is 10.2 Å². The average molecular weight is 587 g/mol. The van der Waals surface area contributed by atoms with Crippen molar-refractivity contribution in [1.29, 1.82) is 0 Å². The molecule has 9 heteroatoms. The van der Waals surface area contributed by atoms with Gasteiger partial charge in [0.2, 0.25) is 11.8 Å². The number of hydrogen-bond donors (Lipinski definition) is 1. The topological polar surface area (TPSA) is 86.8 Å². The predicted molar refractivity (Wildman–Crippen MR) is 149 cm³/mol. The van der Waals surface area contributed by atoms with Gasteiger partial charge in [0.15, 0.2) is 0 Å². The molecule has 3 rings (SSSR count). The molecule has 0 spiro atoms. The van der Waals surface area contributed by atoms with Gasteiger partial charge in [-0.1, -0.05) is 77.8 Å². The van der Waals surface area contributed by atoms with E-state index in [1.807, 2.05) is 31.2 Å². The Kier molecular flexibility index (Phi) is 10.3. The molecule has 2 amide bonds. The molecule has 0 radical (unpaired) electrons. The molecule has 37 heavy (non-hydrogen) atoms. The van der Waals surface area contributed by atoms with Crippen LogP contribution >= 0.6 is 15.9 Å². The van der Waals surface area contributed by atoms with Gasteiger partial charge in [-0.2, -0.15) is 0 Å². The molecule has 3 aromatic rings. The lowest BCUT2D eigenvalue weighted by molar-refractivity contribution is -0.139. The van der Waals surface area contributed by atoms with Gasteiger partial charge in [0.05, 0.1) is 10.6 Å². The number of rotatable bonds is 12. The molecule has 196 valence electrons. The van der Waals surface area contributed by atoms with Crippen LogP contribution in [0.2, 0.25) is 0 Å². The quantitative estimate of drug-likeness (QED) is 0.304. The minimum Gasteiger partial charge on any atom is -0.354 e. The summed E-state index contributed by atoms with van der Waals surface area (Å²) in [7, 11) is -4.05. The Hall–Kier alpha value is -3.17. The van der Waals surface area contributed by atoms with Crippen LogP contribution in [0.4, 0.5) is 5.69 Å². The second kappa shape index (κ2) is 13.4. The molecule has 0 bridgehead atoms. The molecule has 1 atom stereocenters. The van der Waals surface area contributed by atoms with Crippen LogP contribution in [-0.2, 0) is 26.2 Å². The summed E-state index contributed by atoms with van der Waals surface area (Å²) in [6.45, 7) is 3.91. The summed E-state index contributed by atoms with van der Waals surface area (Å²) < 4.78 is 29.3. The third-order valence-corrected chi connectivity index (χ3v) is 8.23. The highest BCUT2D eigenvalue weighted by Crippen LogP contribution is 2.24. The molecule has 0 aliphatic heterocycles. The van der Waals surface area contributed by atoms with E-state index in [0.29, 0.717) is 12.2 Å². The van der Waals surface area contributed by atoms with Crippen LogP contribution in [0.25, 0.3) is 0 Å². The van der Waals surface area contributed by atoms with E-state index in [4.69, 9.17) is 0 Å². The Morgan fingerprint density at radius 2 is 1.51 bits per heavy atom. The van der Waals surface area contributed by atoms with Gasteiger partial charge in [-0.3, -0.25) is 13.9 Å². The Morgan fingerprint density at radius 3 is 2.11 bits per heavy atom. The van der Waals surface area contributed by atoms with Crippen LogP contribution in [-0.4, -0.2) is 44.3 Å². The zero-order chi connectivity index (χ0) is 26.8. The van der Waals surface area contributed by atoms with E-state index in [2.05, 4.69) is 21.2 Å². The van der Waals surface area contributed by atoms with Crippen molar-refractivity contribution >= 4 is 43.5 Å². The highest BCUT2D eigenvalue weighted by atomic mass is 79.9. The van der Waals surface area contributed by atoms with Gasteiger partial charge in [0.25, 0.3) is 10.0 Å². The van der Waals surface area contributed by atoms with Crippen LogP contribution in [0.5, 0.6) is 0 Å². The molecule has 1 N–H and O–H groups in total. The summed E-state index contributed by atoms with van der Waals surface area (Å²) >= 11 is 3.41. The Labute approximate surface area is 227 Å². The molecule has 0 unspecified atom stereocenters. The fourth-order valence-corrected chi connectivity index (χ4v) is 5.45. The van der Waals surface area contributed by atoms with E-state index in [9.17, 15) is 18.0 Å². The van der Waals surface area contributed by atoms with E-state index >= 15 is 0 Å². The molecule has 0 aliphatic rings. The van der Waals surface area contributed by atoms with Crippen molar-refractivity contribution in [3.63, 3.8) is 0 Å². The third-order valence-electron chi connectivity index (χ3n) is 5.92. The minimum atomic E-state index is -4.05. The molecule has 7 nitrogen and oxygen atoms in total. The summed E-state index contributed by atoms with van der Waals surface area (Å²) in [6.07, 6.45) is 1.76. The number of para-hydroxylation sites is 1. The zero-order valence-electron chi connectivity index (χ0n) is 21.0. The van der Waals surface area contributed by atoms with Crippen molar-refractivity contribution in [3.8, 4) is 0 Å². The molecule has 0 heterocycles. The number of nitrogens with zero attached hydrogens (tertiary/aromatic N) is 2. The zero-order valence-corrected chi connectivity index (χ0v) is 23.4. The first-order chi connectivity index (χ1) is 17.7. The first-order valence-corrected chi connectivity index (χ1v) is 14.4. The summed E-state index contributed by atoms with van der Waals surface area (Å²) in [4.78, 5) is 28.2. The number of unbranched alkanes of at least 4 members (excludes halogenated alkanes) is 1. The number of nitrogens with one attached hydrogen (secondary N) is 1. The Bertz CT molecular complexity index is 1270. The van der Waals surface area contributed by atoms with Gasteiger partial charge in [0.1, 0.15) is 12.6 Å². The number of sulfonamides is 1. The lowest BCUT2D eigenvalue weighted by Gasteiger charge is -2.32. The monoisotopic (exact) mass is 585 g/mol.